The summed E-state index contributed by atoms with van der Waals surface area (Å²) in [6.07, 6.45) is 0. The molecule has 2 aliphatic rings. The van der Waals surface area contributed by atoms with E-state index in [0.29, 0.717) is 26.4 Å². The molecule has 0 fully saturated rings. The van der Waals surface area contributed by atoms with Crippen LogP contribution in [0.15, 0.2) is 24.3 Å². The first-order valence-corrected chi connectivity index (χ1v) is 6.03. The molecule has 0 spiro atoms. The lowest BCUT2D eigenvalue weighted by Gasteiger charge is -2.21. The summed E-state index contributed by atoms with van der Waals surface area (Å²) in [5, 5.41) is 2.15. The predicted molar refractivity (Wildman–Crippen MR) is 65.9 cm³/mol. The minimum atomic E-state index is 0.600. The molecule has 0 aromatic heterocycles. The Morgan fingerprint density at radius 1 is 0.500 bits per heavy atom. The molecule has 2 aromatic carbocycles. The summed E-state index contributed by atoms with van der Waals surface area (Å²) >= 11 is 0. The Bertz CT molecular complexity index is 515. The van der Waals surface area contributed by atoms with Gasteiger partial charge in [-0.1, -0.05) is 0 Å². The van der Waals surface area contributed by atoms with Gasteiger partial charge < -0.3 is 18.9 Å². The maximum atomic E-state index is 5.58. The van der Waals surface area contributed by atoms with Crippen molar-refractivity contribution in [2.24, 2.45) is 0 Å². The van der Waals surface area contributed by atoms with E-state index in [4.69, 9.17) is 18.9 Å². The average Bonchev–Trinajstić information content (AvgIpc) is 2.42. The van der Waals surface area contributed by atoms with Crippen molar-refractivity contribution in [2.45, 2.75) is 0 Å². The lowest BCUT2D eigenvalue weighted by molar-refractivity contribution is 0.170. The van der Waals surface area contributed by atoms with Crippen molar-refractivity contribution in [3.63, 3.8) is 0 Å². The van der Waals surface area contributed by atoms with Crippen LogP contribution in [0.3, 0.4) is 0 Å². The Morgan fingerprint density at radius 2 is 0.778 bits per heavy atom. The molecule has 2 aliphatic heterocycles. The summed E-state index contributed by atoms with van der Waals surface area (Å²) < 4.78 is 22.3. The second-order valence-corrected chi connectivity index (χ2v) is 4.34. The van der Waals surface area contributed by atoms with Gasteiger partial charge >= 0.3 is 0 Å². The molecule has 0 unspecified atom stereocenters. The molecule has 0 amide bonds. The lowest BCUT2D eigenvalue weighted by atomic mass is 10.1. The Balaban J connectivity index is 1.93. The molecule has 4 nitrogen and oxygen atoms in total. The molecular formula is C14H12O4. The Labute approximate surface area is 104 Å². The minimum absolute atomic E-state index is 0.600. The van der Waals surface area contributed by atoms with Gasteiger partial charge in [-0.15, -0.1) is 0 Å². The van der Waals surface area contributed by atoms with Gasteiger partial charge in [-0.05, 0) is 35.0 Å². The Morgan fingerprint density at radius 3 is 1.06 bits per heavy atom. The third kappa shape index (κ3) is 1.45. The van der Waals surface area contributed by atoms with Gasteiger partial charge in [0.05, 0.1) is 0 Å². The monoisotopic (exact) mass is 244 g/mol. The van der Waals surface area contributed by atoms with E-state index < -0.39 is 0 Å². The molecule has 0 bridgehead atoms. The average molecular weight is 244 g/mol. The fourth-order valence-corrected chi connectivity index (χ4v) is 2.32. The third-order valence-corrected chi connectivity index (χ3v) is 3.16. The molecule has 0 N–H and O–H groups in total. The summed E-state index contributed by atoms with van der Waals surface area (Å²) in [6.45, 7) is 2.40. The van der Waals surface area contributed by atoms with Gasteiger partial charge in [0.15, 0.2) is 23.0 Å². The van der Waals surface area contributed by atoms with Crippen molar-refractivity contribution >= 4 is 10.8 Å². The molecule has 0 saturated heterocycles. The highest BCUT2D eigenvalue weighted by Crippen LogP contribution is 2.40. The van der Waals surface area contributed by atoms with Crippen molar-refractivity contribution < 1.29 is 18.9 Å². The Hall–Kier alpha value is -2.10. The van der Waals surface area contributed by atoms with Crippen LogP contribution in [0, 0.1) is 0 Å². The zero-order valence-corrected chi connectivity index (χ0v) is 9.77. The number of hydrogen-bond donors (Lipinski definition) is 0. The van der Waals surface area contributed by atoms with Gasteiger partial charge in [-0.25, -0.2) is 0 Å². The van der Waals surface area contributed by atoms with Crippen LogP contribution >= 0.6 is 0 Å². The van der Waals surface area contributed by atoms with Crippen molar-refractivity contribution in [3.05, 3.63) is 24.3 Å². The largest absolute Gasteiger partial charge is 0.486 e. The summed E-state index contributed by atoms with van der Waals surface area (Å²) in [5.41, 5.74) is 0. The Kier molecular flexibility index (Phi) is 2.03. The maximum Gasteiger partial charge on any atom is 0.162 e. The molecule has 0 saturated carbocycles. The maximum absolute atomic E-state index is 5.58. The summed E-state index contributed by atoms with van der Waals surface area (Å²) in [6, 6.07) is 7.95. The van der Waals surface area contributed by atoms with Crippen LogP contribution in [0.1, 0.15) is 0 Å². The van der Waals surface area contributed by atoms with E-state index in [1.165, 1.54) is 0 Å². The zero-order chi connectivity index (χ0) is 11.9. The van der Waals surface area contributed by atoms with E-state index in [1.54, 1.807) is 0 Å². The van der Waals surface area contributed by atoms with Gasteiger partial charge in [0.2, 0.25) is 0 Å². The van der Waals surface area contributed by atoms with E-state index in [-0.39, 0.29) is 0 Å². The third-order valence-electron chi connectivity index (χ3n) is 3.16. The first kappa shape index (κ1) is 9.88. The lowest BCUT2D eigenvalue weighted by Crippen LogP contribution is -2.16. The quantitative estimate of drug-likeness (QED) is 0.713. The molecule has 4 rings (SSSR count). The molecule has 0 radical (unpaired) electrons. The fourth-order valence-electron chi connectivity index (χ4n) is 2.32. The van der Waals surface area contributed by atoms with Crippen molar-refractivity contribution in [1.82, 2.24) is 0 Å². The number of fused-ring (bicyclic) bond motifs is 3. The SMILES string of the molecule is c1c2c(cc3cc4c(cc13)OCCO4)OCCO2. The molecule has 0 atom stereocenters. The topological polar surface area (TPSA) is 36.9 Å². The zero-order valence-electron chi connectivity index (χ0n) is 9.77. The van der Waals surface area contributed by atoms with Gasteiger partial charge in [0, 0.05) is 0 Å². The molecular weight excluding hydrogens is 232 g/mol. The van der Waals surface area contributed by atoms with Crippen LogP contribution in [-0.4, -0.2) is 26.4 Å². The minimum Gasteiger partial charge on any atom is -0.486 e. The summed E-state index contributed by atoms with van der Waals surface area (Å²) in [5.74, 6) is 3.19. The standard InChI is InChI=1S/C14H12O4/c1-2-16-12-6-10-8-14-13(17-3-4-18-14)7-9(10)5-11(12)15-1/h5-8H,1-4H2. The van der Waals surface area contributed by atoms with E-state index in [0.717, 1.165) is 33.8 Å². The molecule has 0 aliphatic carbocycles. The number of hydrogen-bond acceptors (Lipinski definition) is 4. The highest BCUT2D eigenvalue weighted by molar-refractivity contribution is 5.89. The van der Waals surface area contributed by atoms with Crippen LogP contribution in [-0.2, 0) is 0 Å². The summed E-state index contributed by atoms with van der Waals surface area (Å²) in [4.78, 5) is 0. The van der Waals surface area contributed by atoms with Crippen molar-refractivity contribution in [2.75, 3.05) is 26.4 Å². The predicted octanol–water partition coefficient (Wildman–Crippen LogP) is 2.38. The molecule has 92 valence electrons. The van der Waals surface area contributed by atoms with Crippen LogP contribution in [0.4, 0.5) is 0 Å². The van der Waals surface area contributed by atoms with Gasteiger partial charge in [-0.3, -0.25) is 0 Å². The smallest absolute Gasteiger partial charge is 0.162 e. The van der Waals surface area contributed by atoms with Gasteiger partial charge in [0.25, 0.3) is 0 Å². The number of benzene rings is 2. The first-order valence-electron chi connectivity index (χ1n) is 6.03. The second kappa shape index (κ2) is 3.70. The van der Waals surface area contributed by atoms with E-state index in [1.807, 2.05) is 24.3 Å². The number of ether oxygens (including phenoxy) is 4. The van der Waals surface area contributed by atoms with E-state index >= 15 is 0 Å². The molecule has 2 aromatic rings. The normalized spacial score (nSPS) is 16.7. The highest BCUT2D eigenvalue weighted by atomic mass is 16.6. The summed E-state index contributed by atoms with van der Waals surface area (Å²) in [7, 11) is 0. The van der Waals surface area contributed by atoms with Crippen LogP contribution in [0.25, 0.3) is 10.8 Å². The van der Waals surface area contributed by atoms with Crippen LogP contribution in [0.5, 0.6) is 23.0 Å². The molecule has 2 heterocycles. The van der Waals surface area contributed by atoms with Crippen molar-refractivity contribution in [1.29, 1.82) is 0 Å². The van der Waals surface area contributed by atoms with Crippen LogP contribution < -0.4 is 18.9 Å². The van der Waals surface area contributed by atoms with Gasteiger partial charge in [0.1, 0.15) is 26.4 Å². The van der Waals surface area contributed by atoms with E-state index in [2.05, 4.69) is 0 Å². The molecule has 18 heavy (non-hydrogen) atoms. The first-order chi connectivity index (χ1) is 8.90. The fraction of sp³-hybridized carbons (Fsp3) is 0.286. The highest BCUT2D eigenvalue weighted by Gasteiger charge is 2.16. The van der Waals surface area contributed by atoms with E-state index in [9.17, 15) is 0 Å². The molecule has 4 heteroatoms. The van der Waals surface area contributed by atoms with Crippen LogP contribution in [0.2, 0.25) is 0 Å². The number of rotatable bonds is 0. The second-order valence-electron chi connectivity index (χ2n) is 4.34. The van der Waals surface area contributed by atoms with Crippen molar-refractivity contribution in [3.8, 4) is 23.0 Å². The van der Waals surface area contributed by atoms with Gasteiger partial charge in [-0.2, -0.15) is 0 Å².